The van der Waals surface area contributed by atoms with E-state index in [0.717, 1.165) is 0 Å². The molecule has 1 rings (SSSR count). The summed E-state index contributed by atoms with van der Waals surface area (Å²) in [6, 6.07) is 8.97. The average molecular weight is 251 g/mol. The molecule has 5 heteroatoms. The highest BCUT2D eigenvalue weighted by atomic mass is 16.5. The lowest BCUT2D eigenvalue weighted by atomic mass is 10.2. The Hall–Kier alpha value is -1.88. The van der Waals surface area contributed by atoms with Crippen LogP contribution in [0.4, 0.5) is 5.69 Å². The van der Waals surface area contributed by atoms with Crippen LogP contribution in [-0.4, -0.2) is 36.7 Å². The standard InChI is InChI=1S/C13H17NO4/c1-10(18-2)13(17)14(9-8-12(15)16)11-6-4-3-5-7-11/h3-7,10H,8-9H2,1-2H3,(H,15,16). The van der Waals surface area contributed by atoms with Crippen molar-refractivity contribution in [2.75, 3.05) is 18.6 Å². The predicted octanol–water partition coefficient (Wildman–Crippen LogP) is 1.53. The van der Waals surface area contributed by atoms with E-state index in [4.69, 9.17) is 9.84 Å². The molecule has 0 aliphatic rings. The van der Waals surface area contributed by atoms with Gasteiger partial charge in [0.05, 0.1) is 6.42 Å². The molecule has 1 aromatic rings. The zero-order valence-electron chi connectivity index (χ0n) is 10.5. The second-order valence-corrected chi connectivity index (χ2v) is 3.85. The van der Waals surface area contributed by atoms with E-state index in [0.29, 0.717) is 5.69 Å². The molecule has 1 aromatic carbocycles. The summed E-state index contributed by atoms with van der Waals surface area (Å²) in [5, 5.41) is 8.72. The first-order valence-electron chi connectivity index (χ1n) is 5.67. The number of amides is 1. The molecule has 0 aromatic heterocycles. The first kappa shape index (κ1) is 14.2. The average Bonchev–Trinajstić information content (AvgIpc) is 2.38. The number of carbonyl (C=O) groups is 2. The van der Waals surface area contributed by atoms with Crippen molar-refractivity contribution in [3.8, 4) is 0 Å². The van der Waals surface area contributed by atoms with E-state index < -0.39 is 12.1 Å². The number of anilines is 1. The molecule has 1 atom stereocenters. The molecule has 0 saturated carbocycles. The highest BCUT2D eigenvalue weighted by Gasteiger charge is 2.22. The Morgan fingerprint density at radius 2 is 1.94 bits per heavy atom. The first-order valence-corrected chi connectivity index (χ1v) is 5.67. The minimum Gasteiger partial charge on any atom is -0.481 e. The topological polar surface area (TPSA) is 66.8 Å². The number of hydrogen-bond acceptors (Lipinski definition) is 3. The van der Waals surface area contributed by atoms with Gasteiger partial charge in [0.1, 0.15) is 6.10 Å². The van der Waals surface area contributed by atoms with Crippen molar-refractivity contribution in [2.45, 2.75) is 19.4 Å². The van der Waals surface area contributed by atoms with Gasteiger partial charge in [-0.2, -0.15) is 0 Å². The summed E-state index contributed by atoms with van der Waals surface area (Å²) in [6.07, 6.45) is -0.698. The number of hydrogen-bond donors (Lipinski definition) is 1. The third-order valence-electron chi connectivity index (χ3n) is 2.58. The number of rotatable bonds is 6. The van der Waals surface area contributed by atoms with Crippen molar-refractivity contribution in [1.82, 2.24) is 0 Å². The van der Waals surface area contributed by atoms with Crippen LogP contribution in [0.15, 0.2) is 30.3 Å². The van der Waals surface area contributed by atoms with Crippen molar-refractivity contribution in [2.24, 2.45) is 0 Å². The van der Waals surface area contributed by atoms with Gasteiger partial charge in [-0.3, -0.25) is 9.59 Å². The molecule has 0 spiro atoms. The summed E-state index contributed by atoms with van der Waals surface area (Å²) in [7, 11) is 1.45. The van der Waals surface area contributed by atoms with E-state index in [1.807, 2.05) is 6.07 Å². The van der Waals surface area contributed by atoms with E-state index in [1.54, 1.807) is 31.2 Å². The Bertz CT molecular complexity index is 405. The molecular weight excluding hydrogens is 234 g/mol. The zero-order chi connectivity index (χ0) is 13.5. The van der Waals surface area contributed by atoms with Gasteiger partial charge in [0.2, 0.25) is 0 Å². The minimum absolute atomic E-state index is 0.100. The highest BCUT2D eigenvalue weighted by molar-refractivity contribution is 5.96. The van der Waals surface area contributed by atoms with E-state index in [-0.39, 0.29) is 18.9 Å². The van der Waals surface area contributed by atoms with Crippen molar-refractivity contribution in [1.29, 1.82) is 0 Å². The van der Waals surface area contributed by atoms with E-state index in [9.17, 15) is 9.59 Å². The van der Waals surface area contributed by atoms with Gasteiger partial charge in [-0.15, -0.1) is 0 Å². The SMILES string of the molecule is COC(C)C(=O)N(CCC(=O)O)c1ccccc1. The van der Waals surface area contributed by atoms with Crippen LogP contribution in [0.25, 0.3) is 0 Å². The van der Waals surface area contributed by atoms with Crippen LogP contribution in [0.5, 0.6) is 0 Å². The second-order valence-electron chi connectivity index (χ2n) is 3.85. The summed E-state index contributed by atoms with van der Waals surface area (Å²) in [4.78, 5) is 24.2. The number of carbonyl (C=O) groups excluding carboxylic acids is 1. The van der Waals surface area contributed by atoms with E-state index in [1.165, 1.54) is 12.0 Å². The van der Waals surface area contributed by atoms with Gasteiger partial charge >= 0.3 is 5.97 Å². The van der Waals surface area contributed by atoms with Crippen LogP contribution < -0.4 is 4.90 Å². The molecule has 1 unspecified atom stereocenters. The van der Waals surface area contributed by atoms with Gasteiger partial charge in [0.25, 0.3) is 5.91 Å². The Kier molecular flexibility index (Phi) is 5.32. The fourth-order valence-corrected chi connectivity index (χ4v) is 1.50. The number of benzene rings is 1. The Morgan fingerprint density at radius 1 is 1.33 bits per heavy atom. The summed E-state index contributed by atoms with van der Waals surface area (Å²) in [6.45, 7) is 1.77. The Labute approximate surface area is 106 Å². The van der Waals surface area contributed by atoms with Crippen LogP contribution in [0.1, 0.15) is 13.3 Å². The largest absolute Gasteiger partial charge is 0.481 e. The molecule has 0 heterocycles. The number of methoxy groups -OCH3 is 1. The van der Waals surface area contributed by atoms with Crippen LogP contribution >= 0.6 is 0 Å². The zero-order valence-corrected chi connectivity index (χ0v) is 10.5. The first-order chi connectivity index (χ1) is 8.56. The number of carboxylic acid groups (broad SMARTS) is 1. The van der Waals surface area contributed by atoms with Crippen molar-refractivity contribution < 1.29 is 19.4 Å². The third-order valence-corrected chi connectivity index (χ3v) is 2.58. The van der Waals surface area contributed by atoms with Gasteiger partial charge < -0.3 is 14.7 Å². The fourth-order valence-electron chi connectivity index (χ4n) is 1.50. The highest BCUT2D eigenvalue weighted by Crippen LogP contribution is 2.15. The normalized spacial score (nSPS) is 11.9. The quantitative estimate of drug-likeness (QED) is 0.832. The third kappa shape index (κ3) is 3.85. The molecule has 0 aliphatic carbocycles. The van der Waals surface area contributed by atoms with Gasteiger partial charge in [0, 0.05) is 19.3 Å². The van der Waals surface area contributed by atoms with Crippen LogP contribution in [0, 0.1) is 0 Å². The van der Waals surface area contributed by atoms with Crippen molar-refractivity contribution >= 4 is 17.6 Å². The molecule has 0 fully saturated rings. The molecule has 0 aliphatic heterocycles. The molecule has 0 bridgehead atoms. The van der Waals surface area contributed by atoms with Crippen molar-refractivity contribution in [3.63, 3.8) is 0 Å². The van der Waals surface area contributed by atoms with Gasteiger partial charge in [-0.25, -0.2) is 0 Å². The molecule has 5 nitrogen and oxygen atoms in total. The van der Waals surface area contributed by atoms with Crippen LogP contribution in [-0.2, 0) is 14.3 Å². The molecule has 1 N–H and O–H groups in total. The summed E-state index contributed by atoms with van der Waals surface area (Å²) < 4.78 is 4.98. The number of para-hydroxylation sites is 1. The number of carboxylic acids is 1. The molecule has 0 radical (unpaired) electrons. The fraction of sp³-hybridized carbons (Fsp3) is 0.385. The predicted molar refractivity (Wildman–Crippen MR) is 67.5 cm³/mol. The summed E-state index contributed by atoms with van der Waals surface area (Å²) in [5.41, 5.74) is 0.674. The van der Waals surface area contributed by atoms with E-state index in [2.05, 4.69) is 0 Å². The van der Waals surface area contributed by atoms with Gasteiger partial charge in [-0.1, -0.05) is 18.2 Å². The number of ether oxygens (including phenoxy) is 1. The lowest BCUT2D eigenvalue weighted by molar-refractivity contribution is -0.136. The smallest absolute Gasteiger partial charge is 0.305 e. The van der Waals surface area contributed by atoms with E-state index >= 15 is 0 Å². The van der Waals surface area contributed by atoms with Gasteiger partial charge in [-0.05, 0) is 19.1 Å². The summed E-state index contributed by atoms with van der Waals surface area (Å²) >= 11 is 0. The molecule has 0 saturated heterocycles. The second kappa shape index (κ2) is 6.76. The van der Waals surface area contributed by atoms with Crippen LogP contribution in [0.3, 0.4) is 0 Å². The lowest BCUT2D eigenvalue weighted by Crippen LogP contribution is -2.40. The maximum Gasteiger partial charge on any atom is 0.305 e. The molecule has 1 amide bonds. The maximum absolute atomic E-state index is 12.1. The number of aliphatic carboxylic acids is 1. The summed E-state index contributed by atoms with van der Waals surface area (Å²) in [5.74, 6) is -1.18. The molecule has 98 valence electrons. The Balaban J connectivity index is 2.88. The molecule has 18 heavy (non-hydrogen) atoms. The van der Waals surface area contributed by atoms with Gasteiger partial charge in [0.15, 0.2) is 0 Å². The monoisotopic (exact) mass is 251 g/mol. The van der Waals surface area contributed by atoms with Crippen molar-refractivity contribution in [3.05, 3.63) is 30.3 Å². The van der Waals surface area contributed by atoms with Crippen LogP contribution in [0.2, 0.25) is 0 Å². The number of nitrogens with zero attached hydrogens (tertiary/aromatic N) is 1. The minimum atomic E-state index is -0.936. The molecular formula is C13H17NO4. The Morgan fingerprint density at radius 3 is 2.44 bits per heavy atom. The lowest BCUT2D eigenvalue weighted by Gasteiger charge is -2.24. The maximum atomic E-state index is 12.1.